The van der Waals surface area contributed by atoms with Crippen molar-refractivity contribution in [1.82, 2.24) is 0 Å². The molecule has 1 aromatic carbocycles. The third kappa shape index (κ3) is 3.36. The molecule has 0 saturated carbocycles. The number of benzene rings is 1. The summed E-state index contributed by atoms with van der Waals surface area (Å²) in [6.07, 6.45) is 0.904. The van der Waals surface area contributed by atoms with Crippen LogP contribution in [0.2, 0.25) is 0 Å². The van der Waals surface area contributed by atoms with E-state index < -0.39 is 0 Å². The van der Waals surface area contributed by atoms with Gasteiger partial charge in [-0.15, -0.1) is 11.3 Å². The smallest absolute Gasteiger partial charge is 0.259 e. The van der Waals surface area contributed by atoms with Gasteiger partial charge in [0.15, 0.2) is 0 Å². The summed E-state index contributed by atoms with van der Waals surface area (Å²) >= 11 is 4.90. The van der Waals surface area contributed by atoms with Gasteiger partial charge in [0.2, 0.25) is 0 Å². The number of nitrogen functional groups attached to an aromatic ring is 1. The molecule has 1 heterocycles. The summed E-state index contributed by atoms with van der Waals surface area (Å²) < 4.78 is 0.963. The fourth-order valence-electron chi connectivity index (χ4n) is 1.80. The molecule has 0 spiro atoms. The number of amides is 1. The van der Waals surface area contributed by atoms with Gasteiger partial charge in [0.1, 0.15) is 0 Å². The van der Waals surface area contributed by atoms with Gasteiger partial charge in [-0.3, -0.25) is 4.79 Å². The highest BCUT2D eigenvalue weighted by atomic mass is 79.9. The van der Waals surface area contributed by atoms with Crippen molar-refractivity contribution in [1.29, 1.82) is 0 Å². The molecule has 0 unspecified atom stereocenters. The SMILES string of the molecule is CCCN(C(=O)c1csc(Br)c1)c1ccc(N)cc1. The van der Waals surface area contributed by atoms with E-state index in [0.717, 1.165) is 15.9 Å². The van der Waals surface area contributed by atoms with Crippen LogP contribution in [0.3, 0.4) is 0 Å². The van der Waals surface area contributed by atoms with Crippen molar-refractivity contribution in [3.05, 3.63) is 45.1 Å². The van der Waals surface area contributed by atoms with Crippen LogP contribution in [0.1, 0.15) is 23.7 Å². The molecule has 3 nitrogen and oxygen atoms in total. The lowest BCUT2D eigenvalue weighted by molar-refractivity contribution is 0.0987. The molecular weight excluding hydrogens is 324 g/mol. The monoisotopic (exact) mass is 338 g/mol. The van der Waals surface area contributed by atoms with E-state index in [0.29, 0.717) is 17.8 Å². The molecule has 0 bridgehead atoms. The van der Waals surface area contributed by atoms with Crippen molar-refractivity contribution in [3.63, 3.8) is 0 Å². The highest BCUT2D eigenvalue weighted by Gasteiger charge is 2.17. The first-order chi connectivity index (χ1) is 9.11. The average molecular weight is 339 g/mol. The van der Waals surface area contributed by atoms with Crippen molar-refractivity contribution in [2.45, 2.75) is 13.3 Å². The fourth-order valence-corrected chi connectivity index (χ4v) is 2.93. The van der Waals surface area contributed by atoms with Crippen LogP contribution in [-0.4, -0.2) is 12.5 Å². The molecule has 0 aliphatic rings. The number of rotatable bonds is 4. The minimum absolute atomic E-state index is 0.0218. The van der Waals surface area contributed by atoms with E-state index in [1.54, 1.807) is 4.90 Å². The van der Waals surface area contributed by atoms with Crippen LogP contribution >= 0.6 is 27.3 Å². The lowest BCUT2D eigenvalue weighted by atomic mass is 10.2. The molecule has 2 N–H and O–H groups in total. The maximum atomic E-state index is 12.5. The Morgan fingerprint density at radius 3 is 2.58 bits per heavy atom. The first-order valence-corrected chi connectivity index (χ1v) is 7.70. The summed E-state index contributed by atoms with van der Waals surface area (Å²) in [6, 6.07) is 9.24. The summed E-state index contributed by atoms with van der Waals surface area (Å²) in [5.41, 5.74) is 7.97. The topological polar surface area (TPSA) is 46.3 Å². The minimum Gasteiger partial charge on any atom is -0.399 e. The second kappa shape index (κ2) is 6.21. The molecule has 0 aliphatic carbocycles. The van der Waals surface area contributed by atoms with Crippen molar-refractivity contribution in [2.75, 3.05) is 17.2 Å². The number of carbonyl (C=O) groups excluding carboxylic acids is 1. The molecule has 0 radical (unpaired) electrons. The molecule has 0 aliphatic heterocycles. The third-order valence-electron chi connectivity index (χ3n) is 2.71. The average Bonchev–Trinajstić information content (AvgIpc) is 2.83. The predicted molar refractivity (Wildman–Crippen MR) is 84.8 cm³/mol. The molecule has 0 saturated heterocycles. The molecular formula is C14H15BrN2OS. The largest absolute Gasteiger partial charge is 0.399 e. The Kier molecular flexibility index (Phi) is 4.61. The number of hydrogen-bond donors (Lipinski definition) is 1. The molecule has 0 fully saturated rings. The Morgan fingerprint density at radius 1 is 1.37 bits per heavy atom. The molecule has 19 heavy (non-hydrogen) atoms. The zero-order valence-corrected chi connectivity index (χ0v) is 13.0. The molecule has 2 aromatic rings. The zero-order chi connectivity index (χ0) is 13.8. The number of nitrogens with zero attached hydrogens (tertiary/aromatic N) is 1. The van der Waals surface area contributed by atoms with E-state index in [9.17, 15) is 4.79 Å². The van der Waals surface area contributed by atoms with E-state index in [-0.39, 0.29) is 5.91 Å². The van der Waals surface area contributed by atoms with Crippen LogP contribution in [-0.2, 0) is 0 Å². The summed E-state index contributed by atoms with van der Waals surface area (Å²) in [6.45, 7) is 2.75. The molecule has 100 valence electrons. The fraction of sp³-hybridized carbons (Fsp3) is 0.214. The standard InChI is InChI=1S/C14H15BrN2OS/c1-2-7-17(12-5-3-11(16)4-6-12)14(18)10-8-13(15)19-9-10/h3-6,8-9H,2,7,16H2,1H3. The van der Waals surface area contributed by atoms with Gasteiger partial charge >= 0.3 is 0 Å². The Hall–Kier alpha value is -1.33. The van der Waals surface area contributed by atoms with Gasteiger partial charge in [0.25, 0.3) is 5.91 Å². The summed E-state index contributed by atoms with van der Waals surface area (Å²) in [5, 5.41) is 1.87. The van der Waals surface area contributed by atoms with Gasteiger partial charge in [-0.25, -0.2) is 0 Å². The highest BCUT2D eigenvalue weighted by Crippen LogP contribution is 2.24. The zero-order valence-electron chi connectivity index (χ0n) is 10.6. The first-order valence-electron chi connectivity index (χ1n) is 6.03. The van der Waals surface area contributed by atoms with E-state index in [4.69, 9.17) is 5.73 Å². The van der Waals surface area contributed by atoms with Crippen LogP contribution in [0.5, 0.6) is 0 Å². The van der Waals surface area contributed by atoms with Crippen molar-refractivity contribution in [3.8, 4) is 0 Å². The maximum absolute atomic E-state index is 12.5. The summed E-state index contributed by atoms with van der Waals surface area (Å²) in [4.78, 5) is 14.3. The van der Waals surface area contributed by atoms with Crippen molar-refractivity contribution < 1.29 is 4.79 Å². The number of carbonyl (C=O) groups is 1. The summed E-state index contributed by atoms with van der Waals surface area (Å²) in [5.74, 6) is 0.0218. The normalized spacial score (nSPS) is 10.4. The molecule has 0 atom stereocenters. The number of anilines is 2. The third-order valence-corrected chi connectivity index (χ3v) is 4.22. The minimum atomic E-state index is 0.0218. The Bertz CT molecular complexity index is 565. The van der Waals surface area contributed by atoms with Crippen molar-refractivity contribution in [2.24, 2.45) is 0 Å². The van der Waals surface area contributed by atoms with Crippen LogP contribution in [0.25, 0.3) is 0 Å². The number of thiophene rings is 1. The molecule has 2 rings (SSSR count). The number of nitrogens with two attached hydrogens (primary N) is 1. The van der Waals surface area contributed by atoms with Gasteiger partial charge in [-0.1, -0.05) is 6.92 Å². The highest BCUT2D eigenvalue weighted by molar-refractivity contribution is 9.11. The Labute approximate surface area is 125 Å². The molecule has 1 amide bonds. The van der Waals surface area contributed by atoms with Gasteiger partial charge in [-0.05, 0) is 52.7 Å². The molecule has 5 heteroatoms. The van der Waals surface area contributed by atoms with E-state index in [2.05, 4.69) is 22.9 Å². The Morgan fingerprint density at radius 2 is 2.05 bits per heavy atom. The Balaban J connectivity index is 2.29. The number of halogens is 1. The lowest BCUT2D eigenvalue weighted by Crippen LogP contribution is -2.31. The molecule has 1 aromatic heterocycles. The van der Waals surface area contributed by atoms with E-state index in [1.807, 2.05) is 35.7 Å². The van der Waals surface area contributed by atoms with E-state index >= 15 is 0 Å². The first kappa shape index (κ1) is 14.1. The quantitative estimate of drug-likeness (QED) is 0.851. The maximum Gasteiger partial charge on any atom is 0.259 e. The second-order valence-electron chi connectivity index (χ2n) is 4.19. The van der Waals surface area contributed by atoms with Crippen molar-refractivity contribution >= 4 is 44.5 Å². The predicted octanol–water partition coefficient (Wildman–Crippen LogP) is 4.15. The summed E-state index contributed by atoms with van der Waals surface area (Å²) in [7, 11) is 0. The van der Waals surface area contributed by atoms with Crippen LogP contribution in [0, 0.1) is 0 Å². The van der Waals surface area contributed by atoms with Gasteiger partial charge in [0, 0.05) is 23.3 Å². The van der Waals surface area contributed by atoms with Gasteiger partial charge in [-0.2, -0.15) is 0 Å². The second-order valence-corrected chi connectivity index (χ2v) is 6.48. The van der Waals surface area contributed by atoms with Crippen LogP contribution in [0.15, 0.2) is 39.5 Å². The van der Waals surface area contributed by atoms with Gasteiger partial charge in [0.05, 0.1) is 9.35 Å². The van der Waals surface area contributed by atoms with Gasteiger partial charge < -0.3 is 10.6 Å². The van der Waals surface area contributed by atoms with Crippen LogP contribution < -0.4 is 10.6 Å². The lowest BCUT2D eigenvalue weighted by Gasteiger charge is -2.22. The number of hydrogen-bond acceptors (Lipinski definition) is 3. The van der Waals surface area contributed by atoms with E-state index in [1.165, 1.54) is 11.3 Å². The van der Waals surface area contributed by atoms with Crippen LogP contribution in [0.4, 0.5) is 11.4 Å².